The monoisotopic (exact) mass is 167 g/mol. The molecule has 0 amide bonds. The van der Waals surface area contributed by atoms with E-state index in [-0.39, 0.29) is 6.04 Å². The van der Waals surface area contributed by atoms with Crippen LogP contribution in [0.3, 0.4) is 0 Å². The highest BCUT2D eigenvalue weighted by Crippen LogP contribution is 2.29. The van der Waals surface area contributed by atoms with E-state index < -0.39 is 7.75 Å². The van der Waals surface area contributed by atoms with Crippen molar-refractivity contribution in [2.24, 2.45) is 0 Å². The topological polar surface area (TPSA) is 69.6 Å². The standard InChI is InChI=1S/C5H14NO3P/c1-3-5(4-2)6-10(7,8)9/h5H,3-4H2,1-2H3,(H3,6,7,8,9). The van der Waals surface area contributed by atoms with Crippen LogP contribution in [0.15, 0.2) is 0 Å². The van der Waals surface area contributed by atoms with E-state index in [1.807, 2.05) is 13.8 Å². The summed E-state index contributed by atoms with van der Waals surface area (Å²) in [5.41, 5.74) is 0. The number of hydrogen-bond donors (Lipinski definition) is 3. The molecule has 4 nitrogen and oxygen atoms in total. The Morgan fingerprint density at radius 1 is 1.40 bits per heavy atom. The minimum absolute atomic E-state index is 0.0687. The Hall–Kier alpha value is 0.110. The molecule has 0 heterocycles. The number of hydrogen-bond acceptors (Lipinski definition) is 1. The molecule has 0 fully saturated rings. The van der Waals surface area contributed by atoms with Gasteiger partial charge in [0.25, 0.3) is 0 Å². The normalized spacial score (nSPS) is 12.5. The zero-order valence-corrected chi connectivity index (χ0v) is 7.14. The molecular formula is C5H14NO3P. The van der Waals surface area contributed by atoms with Crippen LogP contribution in [0.1, 0.15) is 26.7 Å². The van der Waals surface area contributed by atoms with E-state index in [0.717, 1.165) is 12.8 Å². The molecule has 10 heavy (non-hydrogen) atoms. The van der Waals surface area contributed by atoms with Crippen molar-refractivity contribution in [1.82, 2.24) is 5.09 Å². The average molecular weight is 167 g/mol. The summed E-state index contributed by atoms with van der Waals surface area (Å²) in [7, 11) is -4.00. The van der Waals surface area contributed by atoms with E-state index in [1.54, 1.807) is 0 Å². The fourth-order valence-electron chi connectivity index (χ4n) is 0.709. The summed E-state index contributed by atoms with van der Waals surface area (Å²) in [6.07, 6.45) is 1.48. The summed E-state index contributed by atoms with van der Waals surface area (Å²) in [4.78, 5) is 16.9. The Bertz CT molecular complexity index is 129. The van der Waals surface area contributed by atoms with Gasteiger partial charge >= 0.3 is 7.75 Å². The van der Waals surface area contributed by atoms with E-state index in [9.17, 15) is 4.57 Å². The van der Waals surface area contributed by atoms with Crippen molar-refractivity contribution in [1.29, 1.82) is 0 Å². The SMILES string of the molecule is CCC(CC)NP(=O)(O)O. The van der Waals surface area contributed by atoms with Crippen LogP contribution in [0.5, 0.6) is 0 Å². The summed E-state index contributed by atoms with van der Waals surface area (Å²) in [5, 5.41) is 2.22. The third kappa shape index (κ3) is 4.94. The van der Waals surface area contributed by atoms with Gasteiger partial charge in [-0.2, -0.15) is 0 Å². The Kier molecular flexibility index (Phi) is 4.13. The van der Waals surface area contributed by atoms with E-state index >= 15 is 0 Å². The molecule has 0 rings (SSSR count). The van der Waals surface area contributed by atoms with E-state index in [0.29, 0.717) is 0 Å². The molecule has 0 aliphatic rings. The highest BCUT2D eigenvalue weighted by atomic mass is 31.2. The molecule has 62 valence electrons. The third-order valence-electron chi connectivity index (χ3n) is 1.34. The summed E-state index contributed by atoms with van der Waals surface area (Å²) in [6, 6.07) is -0.0687. The van der Waals surface area contributed by atoms with Crippen molar-refractivity contribution in [3.63, 3.8) is 0 Å². The molecule has 0 aliphatic heterocycles. The second-order valence-corrected chi connectivity index (χ2v) is 3.53. The molecule has 0 aromatic heterocycles. The van der Waals surface area contributed by atoms with Crippen LogP contribution in [0, 0.1) is 0 Å². The first-order valence-electron chi connectivity index (χ1n) is 3.33. The maximum absolute atomic E-state index is 10.3. The third-order valence-corrected chi connectivity index (χ3v) is 2.04. The van der Waals surface area contributed by atoms with Gasteiger partial charge in [-0.05, 0) is 12.8 Å². The number of nitrogens with one attached hydrogen (secondary N) is 1. The van der Waals surface area contributed by atoms with Gasteiger partial charge in [0.05, 0.1) is 0 Å². The molecule has 0 aromatic carbocycles. The van der Waals surface area contributed by atoms with Crippen LogP contribution >= 0.6 is 7.75 Å². The molecule has 0 saturated carbocycles. The lowest BCUT2D eigenvalue weighted by molar-refractivity contribution is 0.343. The zero-order valence-electron chi connectivity index (χ0n) is 6.24. The first kappa shape index (κ1) is 10.1. The Morgan fingerprint density at radius 3 is 1.90 bits per heavy atom. The van der Waals surface area contributed by atoms with Gasteiger partial charge in [-0.15, -0.1) is 0 Å². The molecule has 0 radical (unpaired) electrons. The van der Waals surface area contributed by atoms with E-state index in [4.69, 9.17) is 9.79 Å². The second-order valence-electron chi connectivity index (χ2n) is 2.19. The van der Waals surface area contributed by atoms with Gasteiger partial charge in [0.2, 0.25) is 0 Å². The van der Waals surface area contributed by atoms with Gasteiger partial charge in [-0.1, -0.05) is 13.8 Å². The molecular weight excluding hydrogens is 153 g/mol. The van der Waals surface area contributed by atoms with Crippen LogP contribution in [0.4, 0.5) is 0 Å². The molecule has 3 N–H and O–H groups in total. The maximum Gasteiger partial charge on any atom is 0.400 e. The van der Waals surface area contributed by atoms with E-state index in [1.165, 1.54) is 0 Å². The first-order chi connectivity index (χ1) is 4.49. The molecule has 0 atom stereocenters. The Balaban J connectivity index is 3.75. The summed E-state index contributed by atoms with van der Waals surface area (Å²) in [6.45, 7) is 3.77. The minimum atomic E-state index is -4.00. The van der Waals surface area contributed by atoms with Gasteiger partial charge in [-0.3, -0.25) is 0 Å². The van der Waals surface area contributed by atoms with Crippen LogP contribution < -0.4 is 5.09 Å². The molecule has 0 unspecified atom stereocenters. The molecule has 0 aromatic rings. The fraction of sp³-hybridized carbons (Fsp3) is 1.00. The Morgan fingerprint density at radius 2 is 1.80 bits per heavy atom. The van der Waals surface area contributed by atoms with Crippen molar-refractivity contribution in [2.45, 2.75) is 32.7 Å². The molecule has 0 aliphatic carbocycles. The summed E-state index contributed by atoms with van der Waals surface area (Å²) in [5.74, 6) is 0. The Labute approximate surface area is 60.9 Å². The highest BCUT2D eigenvalue weighted by Gasteiger charge is 2.16. The van der Waals surface area contributed by atoms with Gasteiger partial charge in [0.15, 0.2) is 0 Å². The van der Waals surface area contributed by atoms with Crippen molar-refractivity contribution in [3.05, 3.63) is 0 Å². The van der Waals surface area contributed by atoms with Crippen molar-refractivity contribution in [2.75, 3.05) is 0 Å². The van der Waals surface area contributed by atoms with Gasteiger partial charge < -0.3 is 9.79 Å². The molecule has 5 heteroatoms. The van der Waals surface area contributed by atoms with Crippen LogP contribution in [-0.4, -0.2) is 15.8 Å². The lowest BCUT2D eigenvalue weighted by atomic mass is 10.2. The quantitative estimate of drug-likeness (QED) is 0.543. The first-order valence-corrected chi connectivity index (χ1v) is 4.94. The van der Waals surface area contributed by atoms with Gasteiger partial charge in [0, 0.05) is 6.04 Å². The average Bonchev–Trinajstić information content (AvgIpc) is 1.81. The summed E-state index contributed by atoms with van der Waals surface area (Å²) >= 11 is 0. The predicted octanol–water partition coefficient (Wildman–Crippen LogP) is 0.857. The van der Waals surface area contributed by atoms with Crippen LogP contribution in [0.2, 0.25) is 0 Å². The number of rotatable bonds is 4. The van der Waals surface area contributed by atoms with E-state index in [2.05, 4.69) is 5.09 Å². The summed E-state index contributed by atoms with van der Waals surface area (Å²) < 4.78 is 10.3. The minimum Gasteiger partial charge on any atom is -0.313 e. The van der Waals surface area contributed by atoms with Crippen molar-refractivity contribution >= 4 is 7.75 Å². The molecule has 0 spiro atoms. The van der Waals surface area contributed by atoms with Crippen molar-refractivity contribution < 1.29 is 14.4 Å². The lowest BCUT2D eigenvalue weighted by Gasteiger charge is -2.14. The largest absolute Gasteiger partial charge is 0.400 e. The van der Waals surface area contributed by atoms with Crippen LogP contribution in [0.25, 0.3) is 0 Å². The molecule has 0 bridgehead atoms. The zero-order chi connectivity index (χ0) is 8.20. The van der Waals surface area contributed by atoms with Crippen LogP contribution in [-0.2, 0) is 4.57 Å². The maximum atomic E-state index is 10.3. The fourth-order valence-corrected chi connectivity index (χ4v) is 1.55. The predicted molar refractivity (Wildman–Crippen MR) is 39.5 cm³/mol. The smallest absolute Gasteiger partial charge is 0.313 e. The molecule has 0 saturated heterocycles. The van der Waals surface area contributed by atoms with Crippen molar-refractivity contribution in [3.8, 4) is 0 Å². The van der Waals surface area contributed by atoms with Gasteiger partial charge in [-0.25, -0.2) is 9.65 Å². The highest BCUT2D eigenvalue weighted by molar-refractivity contribution is 7.49. The second kappa shape index (κ2) is 4.09. The lowest BCUT2D eigenvalue weighted by Crippen LogP contribution is -2.24. The van der Waals surface area contributed by atoms with Gasteiger partial charge in [0.1, 0.15) is 0 Å².